The van der Waals surface area contributed by atoms with Crippen LogP contribution in [0.3, 0.4) is 0 Å². The van der Waals surface area contributed by atoms with Gasteiger partial charge in [0.1, 0.15) is 0 Å². The molecule has 1 heterocycles. The van der Waals surface area contributed by atoms with Crippen molar-refractivity contribution in [3.8, 4) is 0 Å². The molecule has 0 saturated carbocycles. The first-order valence-corrected chi connectivity index (χ1v) is 3.06. The molecular weight excluding hydrogens is 292 g/mol. The number of rotatable bonds is 1. The maximum Gasteiger partial charge on any atom is 0 e. The van der Waals surface area contributed by atoms with Crippen LogP contribution < -0.4 is 0 Å². The summed E-state index contributed by atoms with van der Waals surface area (Å²) in [6.45, 7) is 2.09. The fraction of sp³-hybridized carbons (Fsp3) is 0.400. The Hall–Kier alpha value is 0.292. The molecule has 0 N–H and O–H groups in total. The van der Waals surface area contributed by atoms with Gasteiger partial charge in [-0.2, -0.15) is 5.38 Å². The molecule has 1 radical (unpaired) electrons. The third-order valence-electron chi connectivity index (χ3n) is 0.740. The third kappa shape index (κ3) is 2.04. The van der Waals surface area contributed by atoms with Gasteiger partial charge in [0.25, 0.3) is 0 Å². The van der Waals surface area contributed by atoms with E-state index in [1.165, 1.54) is 5.01 Å². The second kappa shape index (κ2) is 4.20. The van der Waals surface area contributed by atoms with Crippen LogP contribution in [0.1, 0.15) is 11.9 Å². The summed E-state index contributed by atoms with van der Waals surface area (Å²) in [5.74, 6) is 0. The Labute approximate surface area is 66.8 Å². The van der Waals surface area contributed by atoms with Crippen LogP contribution in [-0.4, -0.2) is 4.98 Å². The molecule has 45 valence electrons. The van der Waals surface area contributed by atoms with Crippen molar-refractivity contribution in [3.05, 3.63) is 16.6 Å². The molecule has 0 unspecified atom stereocenters. The van der Waals surface area contributed by atoms with Crippen LogP contribution in [0.25, 0.3) is 0 Å². The smallest absolute Gasteiger partial charge is 0 e. The van der Waals surface area contributed by atoms with Crippen LogP contribution in [-0.2, 0) is 26.8 Å². The van der Waals surface area contributed by atoms with Crippen LogP contribution in [0.15, 0.2) is 6.20 Å². The minimum atomic E-state index is 0. The number of nitrogens with zero attached hydrogens (tertiary/aromatic N) is 1. The zero-order valence-electron chi connectivity index (χ0n) is 4.52. The van der Waals surface area contributed by atoms with Crippen LogP contribution >= 0.6 is 11.3 Å². The fourth-order valence-corrected chi connectivity index (χ4v) is 0.874. The van der Waals surface area contributed by atoms with Gasteiger partial charge in [-0.3, -0.25) is 0 Å². The van der Waals surface area contributed by atoms with E-state index in [0.29, 0.717) is 0 Å². The maximum absolute atomic E-state index is 4.00. The summed E-state index contributed by atoms with van der Waals surface area (Å²) in [5.41, 5.74) is 0. The molecule has 0 spiro atoms. The first kappa shape index (κ1) is 8.29. The van der Waals surface area contributed by atoms with Crippen molar-refractivity contribution < 1.29 is 20.4 Å². The fourth-order valence-electron chi connectivity index (χ4n) is 0.383. The molecule has 1 nitrogen and oxygen atoms in total. The quantitative estimate of drug-likeness (QED) is 0.716. The van der Waals surface area contributed by atoms with E-state index in [1.807, 2.05) is 0 Å². The van der Waals surface area contributed by atoms with Crippen LogP contribution in [0.2, 0.25) is 0 Å². The number of hydrogen-bond donors (Lipinski definition) is 0. The summed E-state index contributed by atoms with van der Waals surface area (Å²) in [6, 6.07) is 0. The zero-order valence-corrected chi connectivity index (χ0v) is 8.05. The maximum atomic E-state index is 4.00. The first-order valence-electron chi connectivity index (χ1n) is 2.24. The van der Waals surface area contributed by atoms with Crippen molar-refractivity contribution in [1.29, 1.82) is 0 Å². The summed E-state index contributed by atoms with van der Waals surface area (Å²) in [5, 5.41) is 4.08. The third-order valence-corrected chi connectivity index (χ3v) is 1.59. The van der Waals surface area contributed by atoms with Gasteiger partial charge in [0, 0.05) is 20.4 Å². The molecule has 1 aromatic rings. The zero-order chi connectivity index (χ0) is 5.11. The van der Waals surface area contributed by atoms with E-state index < -0.39 is 0 Å². The SMILES string of the molecule is CCc1nc[c-]s1.[Re]. The summed E-state index contributed by atoms with van der Waals surface area (Å²) >= 11 is 1.59. The van der Waals surface area contributed by atoms with Gasteiger partial charge >= 0.3 is 0 Å². The Kier molecular flexibility index (Phi) is 4.35. The molecule has 0 aromatic carbocycles. The van der Waals surface area contributed by atoms with Gasteiger partial charge in [-0.25, -0.2) is 0 Å². The molecule has 8 heavy (non-hydrogen) atoms. The van der Waals surface area contributed by atoms with Crippen molar-refractivity contribution in [2.45, 2.75) is 13.3 Å². The van der Waals surface area contributed by atoms with Crippen LogP contribution in [0.5, 0.6) is 0 Å². The predicted octanol–water partition coefficient (Wildman–Crippen LogP) is 1.50. The van der Waals surface area contributed by atoms with Gasteiger partial charge in [0.2, 0.25) is 0 Å². The largest absolute Gasteiger partial charge is 0.364 e. The normalized spacial score (nSPS) is 8.12. The molecule has 0 bridgehead atoms. The monoisotopic (exact) mass is 299 g/mol. The molecule has 1 aromatic heterocycles. The van der Waals surface area contributed by atoms with E-state index in [4.69, 9.17) is 0 Å². The predicted molar refractivity (Wildman–Crippen MR) is 30.3 cm³/mol. The number of aryl methyl sites for hydroxylation is 1. The summed E-state index contributed by atoms with van der Waals surface area (Å²) < 4.78 is 0. The standard InChI is InChI=1S/C5H6NS.Re/c1-2-5-6-3-4-7-5;/h3H,2H2,1H3;/q-1;. The molecule has 0 saturated heterocycles. The first-order chi connectivity index (χ1) is 3.43. The average molecular weight is 298 g/mol. The molecule has 0 atom stereocenters. The van der Waals surface area contributed by atoms with E-state index in [0.717, 1.165) is 6.42 Å². The van der Waals surface area contributed by atoms with E-state index >= 15 is 0 Å². The molecule has 3 heteroatoms. The van der Waals surface area contributed by atoms with Crippen LogP contribution in [0, 0.1) is 5.38 Å². The van der Waals surface area contributed by atoms with E-state index in [1.54, 1.807) is 17.5 Å². The Morgan fingerprint density at radius 3 is 2.88 bits per heavy atom. The minimum Gasteiger partial charge on any atom is -0.364 e. The van der Waals surface area contributed by atoms with E-state index in [-0.39, 0.29) is 20.4 Å². The van der Waals surface area contributed by atoms with Gasteiger partial charge in [-0.1, -0.05) is 24.5 Å². The molecule has 0 fully saturated rings. The van der Waals surface area contributed by atoms with Gasteiger partial charge in [-0.15, -0.1) is 0 Å². The van der Waals surface area contributed by atoms with E-state index in [9.17, 15) is 0 Å². The Morgan fingerprint density at radius 2 is 2.62 bits per heavy atom. The molecule has 1 rings (SSSR count). The summed E-state index contributed by atoms with van der Waals surface area (Å²) in [4.78, 5) is 4.00. The minimum absolute atomic E-state index is 0. The van der Waals surface area contributed by atoms with Crippen molar-refractivity contribution in [2.75, 3.05) is 0 Å². The van der Waals surface area contributed by atoms with Crippen molar-refractivity contribution in [2.24, 2.45) is 0 Å². The molecule has 0 aliphatic carbocycles. The van der Waals surface area contributed by atoms with Gasteiger partial charge < -0.3 is 16.3 Å². The summed E-state index contributed by atoms with van der Waals surface area (Å²) in [6.07, 6.45) is 2.75. The Morgan fingerprint density at radius 1 is 1.88 bits per heavy atom. The van der Waals surface area contributed by atoms with Crippen molar-refractivity contribution >= 4 is 11.3 Å². The number of thiazole rings is 1. The van der Waals surface area contributed by atoms with Gasteiger partial charge in [0.05, 0.1) is 0 Å². The second-order valence-electron chi connectivity index (χ2n) is 1.23. The van der Waals surface area contributed by atoms with E-state index in [2.05, 4.69) is 17.3 Å². The average Bonchev–Trinajstić information content (AvgIpc) is 2.14. The molecule has 0 amide bonds. The van der Waals surface area contributed by atoms with Gasteiger partial charge in [0.15, 0.2) is 0 Å². The summed E-state index contributed by atoms with van der Waals surface area (Å²) in [7, 11) is 0. The topological polar surface area (TPSA) is 12.9 Å². The van der Waals surface area contributed by atoms with Crippen molar-refractivity contribution in [3.63, 3.8) is 0 Å². The Balaban J connectivity index is 0.000000490. The number of aromatic nitrogens is 1. The van der Waals surface area contributed by atoms with Crippen molar-refractivity contribution in [1.82, 2.24) is 4.98 Å². The Bertz CT molecular complexity index is 127. The van der Waals surface area contributed by atoms with Gasteiger partial charge in [-0.05, 0) is 0 Å². The molecule has 0 aliphatic rings. The second-order valence-corrected chi connectivity index (χ2v) is 2.14. The number of hydrogen-bond acceptors (Lipinski definition) is 2. The van der Waals surface area contributed by atoms with Crippen LogP contribution in [0.4, 0.5) is 0 Å². The molecule has 0 aliphatic heterocycles. The molecular formula is C5H6NReS-.